The molecule has 0 aromatic carbocycles. The summed E-state index contributed by atoms with van der Waals surface area (Å²) in [5.41, 5.74) is 1.05. The third kappa shape index (κ3) is 6.05. The van der Waals surface area contributed by atoms with Crippen molar-refractivity contribution in [2.75, 3.05) is 13.6 Å². The number of nitrogens with one attached hydrogen (secondary N) is 2. The second-order valence-corrected chi connectivity index (χ2v) is 5.68. The summed E-state index contributed by atoms with van der Waals surface area (Å²) in [6, 6.07) is 0. The first-order chi connectivity index (χ1) is 10.8. The van der Waals surface area contributed by atoms with Crippen molar-refractivity contribution < 1.29 is 0 Å². The molecule has 0 unspecified atom stereocenters. The summed E-state index contributed by atoms with van der Waals surface area (Å²) in [6.45, 7) is 6.46. The Hall–Kier alpha value is -1.23. The first-order valence-corrected chi connectivity index (χ1v) is 8.39. The van der Waals surface area contributed by atoms with E-state index in [-0.39, 0.29) is 24.0 Å². The Morgan fingerprint density at radius 1 is 1.30 bits per heavy atom. The van der Waals surface area contributed by atoms with Crippen molar-refractivity contribution in [1.82, 2.24) is 30.4 Å². The van der Waals surface area contributed by atoms with Gasteiger partial charge in [-0.15, -0.1) is 45.5 Å². The van der Waals surface area contributed by atoms with Gasteiger partial charge in [0.1, 0.15) is 12.2 Å². The van der Waals surface area contributed by atoms with Crippen LogP contribution in [0.1, 0.15) is 30.4 Å². The highest BCUT2D eigenvalue weighted by atomic mass is 127. The van der Waals surface area contributed by atoms with Crippen molar-refractivity contribution in [3.63, 3.8) is 0 Å². The van der Waals surface area contributed by atoms with Crippen LogP contribution in [0, 0.1) is 0 Å². The molecule has 2 aromatic rings. The van der Waals surface area contributed by atoms with Crippen molar-refractivity contribution >= 4 is 41.3 Å². The second kappa shape index (κ2) is 10.5. The molecule has 0 fully saturated rings. The number of halogens is 1. The molecular formula is C14H24IN7S. The van der Waals surface area contributed by atoms with E-state index in [2.05, 4.69) is 50.0 Å². The van der Waals surface area contributed by atoms with Gasteiger partial charge >= 0.3 is 0 Å². The summed E-state index contributed by atoms with van der Waals surface area (Å²) in [6.07, 6.45) is 3.63. The fourth-order valence-corrected chi connectivity index (χ4v) is 2.77. The smallest absolute Gasteiger partial charge is 0.191 e. The highest BCUT2D eigenvalue weighted by molar-refractivity contribution is 14.0. The number of thiazole rings is 1. The number of hydrogen-bond acceptors (Lipinski definition) is 5. The molecule has 23 heavy (non-hydrogen) atoms. The number of hydrogen-bond donors (Lipinski definition) is 2. The molecule has 2 heterocycles. The molecule has 128 valence electrons. The Balaban J connectivity index is 0.00000264. The van der Waals surface area contributed by atoms with E-state index < -0.39 is 0 Å². The van der Waals surface area contributed by atoms with Gasteiger partial charge < -0.3 is 15.2 Å². The van der Waals surface area contributed by atoms with E-state index in [1.54, 1.807) is 24.7 Å². The van der Waals surface area contributed by atoms with Crippen LogP contribution in [-0.2, 0) is 25.9 Å². The summed E-state index contributed by atoms with van der Waals surface area (Å²) >= 11 is 1.70. The minimum absolute atomic E-state index is 0. The monoisotopic (exact) mass is 449 g/mol. The number of aryl methyl sites for hydroxylation is 2. The molecular weight excluding hydrogens is 425 g/mol. The predicted molar refractivity (Wildman–Crippen MR) is 105 cm³/mol. The average Bonchev–Trinajstić information content (AvgIpc) is 3.19. The second-order valence-electron chi connectivity index (χ2n) is 4.73. The SMILES string of the molecule is CCc1nc(CNC(=NC)NCCn2cnnc2CC)cs1.I. The maximum Gasteiger partial charge on any atom is 0.191 e. The van der Waals surface area contributed by atoms with E-state index in [1.165, 1.54) is 5.01 Å². The van der Waals surface area contributed by atoms with Gasteiger partial charge in [0.15, 0.2) is 5.96 Å². The van der Waals surface area contributed by atoms with Crippen LogP contribution in [-0.4, -0.2) is 39.3 Å². The van der Waals surface area contributed by atoms with Gasteiger partial charge in [0.2, 0.25) is 0 Å². The van der Waals surface area contributed by atoms with E-state index in [4.69, 9.17) is 0 Å². The Labute approximate surface area is 158 Å². The quantitative estimate of drug-likeness (QED) is 0.383. The van der Waals surface area contributed by atoms with Crippen LogP contribution >= 0.6 is 35.3 Å². The van der Waals surface area contributed by atoms with Gasteiger partial charge in [0, 0.05) is 31.9 Å². The molecule has 2 N–H and O–H groups in total. The normalized spacial score (nSPS) is 11.2. The van der Waals surface area contributed by atoms with Gasteiger partial charge in [0.05, 0.1) is 17.2 Å². The molecule has 0 aliphatic carbocycles. The summed E-state index contributed by atoms with van der Waals surface area (Å²) in [7, 11) is 1.77. The van der Waals surface area contributed by atoms with E-state index in [0.717, 1.165) is 43.4 Å². The van der Waals surface area contributed by atoms with Gasteiger partial charge in [-0.2, -0.15) is 0 Å². The molecule has 0 spiro atoms. The van der Waals surface area contributed by atoms with Crippen molar-refractivity contribution in [2.24, 2.45) is 4.99 Å². The van der Waals surface area contributed by atoms with Crippen molar-refractivity contribution in [3.8, 4) is 0 Å². The molecule has 0 bridgehead atoms. The fourth-order valence-electron chi connectivity index (χ4n) is 2.02. The zero-order valence-corrected chi connectivity index (χ0v) is 16.9. The standard InChI is InChI=1S/C14H23N7S.HI/c1-4-12-20-18-10-21(12)7-6-16-14(15-3)17-8-11-9-22-13(5-2)19-11;/h9-10H,4-8H2,1-3H3,(H2,15,16,17);1H. The van der Waals surface area contributed by atoms with Gasteiger partial charge in [-0.05, 0) is 6.42 Å². The minimum atomic E-state index is 0. The number of rotatable bonds is 7. The first-order valence-electron chi connectivity index (χ1n) is 7.51. The largest absolute Gasteiger partial charge is 0.355 e. The minimum Gasteiger partial charge on any atom is -0.355 e. The zero-order chi connectivity index (χ0) is 15.8. The highest BCUT2D eigenvalue weighted by Gasteiger charge is 2.04. The summed E-state index contributed by atoms with van der Waals surface area (Å²) in [5, 5.41) is 17.8. The molecule has 9 heteroatoms. The van der Waals surface area contributed by atoms with Crippen LogP contribution in [0.15, 0.2) is 16.7 Å². The number of aromatic nitrogens is 4. The first kappa shape index (κ1) is 19.8. The maximum absolute atomic E-state index is 4.53. The van der Waals surface area contributed by atoms with E-state index >= 15 is 0 Å². The lowest BCUT2D eigenvalue weighted by Gasteiger charge is -2.11. The van der Waals surface area contributed by atoms with Crippen LogP contribution < -0.4 is 10.6 Å². The van der Waals surface area contributed by atoms with E-state index in [1.807, 2.05) is 4.57 Å². The van der Waals surface area contributed by atoms with Crippen LogP contribution in [0.5, 0.6) is 0 Å². The van der Waals surface area contributed by atoms with Crippen molar-refractivity contribution in [3.05, 3.63) is 28.2 Å². The number of aliphatic imine (C=N–C) groups is 1. The van der Waals surface area contributed by atoms with Crippen molar-refractivity contribution in [2.45, 2.75) is 39.8 Å². The third-order valence-electron chi connectivity index (χ3n) is 3.22. The fraction of sp³-hybridized carbons (Fsp3) is 0.571. The van der Waals surface area contributed by atoms with E-state index in [0.29, 0.717) is 6.54 Å². The van der Waals surface area contributed by atoms with Crippen molar-refractivity contribution in [1.29, 1.82) is 0 Å². The Kier molecular flexibility index (Phi) is 9.07. The molecule has 7 nitrogen and oxygen atoms in total. The molecule has 0 aliphatic rings. The third-order valence-corrected chi connectivity index (χ3v) is 4.26. The van der Waals surface area contributed by atoms with Gasteiger partial charge in [-0.25, -0.2) is 4.98 Å². The number of guanidine groups is 1. The molecule has 0 atom stereocenters. The molecule has 0 radical (unpaired) electrons. The Bertz CT molecular complexity index is 608. The number of nitrogens with zero attached hydrogens (tertiary/aromatic N) is 5. The predicted octanol–water partition coefficient (Wildman–Crippen LogP) is 1.84. The van der Waals surface area contributed by atoms with Crippen LogP contribution in [0.25, 0.3) is 0 Å². The molecule has 0 saturated heterocycles. The summed E-state index contributed by atoms with van der Waals surface area (Å²) in [5.74, 6) is 1.77. The summed E-state index contributed by atoms with van der Waals surface area (Å²) < 4.78 is 2.05. The topological polar surface area (TPSA) is 80.0 Å². The van der Waals surface area contributed by atoms with E-state index in [9.17, 15) is 0 Å². The summed E-state index contributed by atoms with van der Waals surface area (Å²) in [4.78, 5) is 8.75. The van der Waals surface area contributed by atoms with Crippen LogP contribution in [0.2, 0.25) is 0 Å². The molecule has 0 aliphatic heterocycles. The van der Waals surface area contributed by atoms with Crippen LogP contribution in [0.4, 0.5) is 0 Å². The van der Waals surface area contributed by atoms with Gasteiger partial charge in [-0.1, -0.05) is 13.8 Å². The maximum atomic E-state index is 4.53. The highest BCUT2D eigenvalue weighted by Crippen LogP contribution is 2.09. The molecule has 2 aromatic heterocycles. The van der Waals surface area contributed by atoms with Gasteiger partial charge in [0.25, 0.3) is 0 Å². The molecule has 2 rings (SSSR count). The molecule has 0 amide bonds. The average molecular weight is 449 g/mol. The Morgan fingerprint density at radius 3 is 2.78 bits per heavy atom. The van der Waals surface area contributed by atoms with Gasteiger partial charge in [-0.3, -0.25) is 4.99 Å². The lowest BCUT2D eigenvalue weighted by Crippen LogP contribution is -2.38. The van der Waals surface area contributed by atoms with Crippen LogP contribution in [0.3, 0.4) is 0 Å². The Morgan fingerprint density at radius 2 is 2.13 bits per heavy atom. The lowest BCUT2D eigenvalue weighted by molar-refractivity contribution is 0.632. The molecule has 0 saturated carbocycles. The lowest BCUT2D eigenvalue weighted by atomic mass is 10.4. The zero-order valence-electron chi connectivity index (χ0n) is 13.7.